The summed E-state index contributed by atoms with van der Waals surface area (Å²) in [5.74, 6) is -0.369. The number of carbonyl (C=O) groups excluding carboxylic acids is 1. The molecular formula is C13H20ClNO3. The zero-order chi connectivity index (χ0) is 13.1. The van der Waals surface area contributed by atoms with E-state index < -0.39 is 5.41 Å². The molecule has 1 aromatic carbocycles. The van der Waals surface area contributed by atoms with Gasteiger partial charge in [-0.3, -0.25) is 0 Å². The summed E-state index contributed by atoms with van der Waals surface area (Å²) >= 11 is 0. The van der Waals surface area contributed by atoms with Crippen molar-refractivity contribution in [3.63, 3.8) is 0 Å². The lowest BCUT2D eigenvalue weighted by atomic mass is 9.82. The molecule has 4 nitrogen and oxygen atoms in total. The highest BCUT2D eigenvalue weighted by molar-refractivity contribution is 5.89. The Kier molecular flexibility index (Phi) is 6.32. The molecule has 1 rings (SSSR count). The topological polar surface area (TPSA) is 72.5 Å². The Balaban J connectivity index is 0.00000289. The third kappa shape index (κ3) is 3.70. The number of methoxy groups -OCH3 is 1. The van der Waals surface area contributed by atoms with Crippen LogP contribution < -0.4 is 5.73 Å². The number of hydrogen-bond acceptors (Lipinski definition) is 4. The van der Waals surface area contributed by atoms with E-state index in [-0.39, 0.29) is 31.0 Å². The quantitative estimate of drug-likeness (QED) is 0.822. The number of aliphatic hydroxyl groups excluding tert-OH is 1. The van der Waals surface area contributed by atoms with E-state index in [1.807, 2.05) is 13.8 Å². The molecule has 0 aliphatic carbocycles. The van der Waals surface area contributed by atoms with Gasteiger partial charge in [-0.1, -0.05) is 26.0 Å². The summed E-state index contributed by atoms with van der Waals surface area (Å²) in [4.78, 5) is 11.3. The van der Waals surface area contributed by atoms with Crippen LogP contribution in [0.25, 0.3) is 0 Å². The van der Waals surface area contributed by atoms with Gasteiger partial charge in [-0.15, -0.1) is 12.4 Å². The van der Waals surface area contributed by atoms with E-state index in [1.165, 1.54) is 7.11 Å². The lowest BCUT2D eigenvalue weighted by Crippen LogP contribution is -2.32. The van der Waals surface area contributed by atoms with Gasteiger partial charge in [0.15, 0.2) is 0 Å². The molecule has 0 amide bonds. The number of carbonyl (C=O) groups is 1. The maximum absolute atomic E-state index is 11.3. The van der Waals surface area contributed by atoms with Crippen LogP contribution in [0.4, 0.5) is 0 Å². The van der Waals surface area contributed by atoms with Crippen molar-refractivity contribution in [2.45, 2.75) is 19.9 Å². The number of esters is 1. The van der Waals surface area contributed by atoms with Gasteiger partial charge in [0.1, 0.15) is 0 Å². The molecule has 0 fully saturated rings. The molecule has 0 aromatic heterocycles. The van der Waals surface area contributed by atoms with Crippen molar-refractivity contribution < 1.29 is 14.6 Å². The van der Waals surface area contributed by atoms with Crippen LogP contribution in [0.2, 0.25) is 0 Å². The van der Waals surface area contributed by atoms with Crippen molar-refractivity contribution >= 4 is 18.4 Å². The second-order valence-corrected chi connectivity index (χ2v) is 4.74. The van der Waals surface area contributed by atoms with Gasteiger partial charge in [0.2, 0.25) is 0 Å². The molecule has 0 aliphatic heterocycles. The summed E-state index contributed by atoms with van der Waals surface area (Å²) in [6.07, 6.45) is 0. The maximum Gasteiger partial charge on any atom is 0.337 e. The molecule has 0 radical (unpaired) electrons. The van der Waals surface area contributed by atoms with E-state index in [0.29, 0.717) is 5.56 Å². The monoisotopic (exact) mass is 273 g/mol. The summed E-state index contributed by atoms with van der Waals surface area (Å²) in [5.41, 5.74) is 7.05. The van der Waals surface area contributed by atoms with Gasteiger partial charge in [-0.25, -0.2) is 4.79 Å². The fraction of sp³-hybridized carbons (Fsp3) is 0.462. The number of rotatable bonds is 4. The van der Waals surface area contributed by atoms with Crippen LogP contribution in [-0.2, 0) is 4.74 Å². The molecule has 18 heavy (non-hydrogen) atoms. The van der Waals surface area contributed by atoms with E-state index >= 15 is 0 Å². The number of ether oxygens (including phenoxy) is 1. The van der Waals surface area contributed by atoms with Gasteiger partial charge >= 0.3 is 5.97 Å². The van der Waals surface area contributed by atoms with Crippen LogP contribution in [-0.4, -0.2) is 24.8 Å². The third-order valence-electron chi connectivity index (χ3n) is 2.94. The van der Waals surface area contributed by atoms with E-state index in [1.54, 1.807) is 24.3 Å². The Morgan fingerprint density at radius 3 is 2.28 bits per heavy atom. The molecular weight excluding hydrogens is 254 g/mol. The number of hydrogen-bond donors (Lipinski definition) is 2. The normalized spacial score (nSPS) is 12.5. The molecule has 1 atom stereocenters. The number of benzene rings is 1. The first-order chi connectivity index (χ1) is 7.92. The van der Waals surface area contributed by atoms with E-state index in [0.717, 1.165) is 5.56 Å². The van der Waals surface area contributed by atoms with E-state index in [9.17, 15) is 9.90 Å². The minimum atomic E-state index is -0.396. The Morgan fingerprint density at radius 1 is 1.39 bits per heavy atom. The molecule has 5 heteroatoms. The van der Waals surface area contributed by atoms with Crippen molar-refractivity contribution in [2.75, 3.05) is 13.7 Å². The van der Waals surface area contributed by atoms with Crippen molar-refractivity contribution in [1.82, 2.24) is 0 Å². The van der Waals surface area contributed by atoms with Crippen LogP contribution >= 0.6 is 12.4 Å². The predicted octanol–water partition coefficient (Wildman–Crippen LogP) is 1.91. The Morgan fingerprint density at radius 2 is 1.89 bits per heavy atom. The van der Waals surface area contributed by atoms with Crippen LogP contribution in [0.1, 0.15) is 35.8 Å². The summed E-state index contributed by atoms with van der Waals surface area (Å²) < 4.78 is 4.61. The van der Waals surface area contributed by atoms with E-state index in [4.69, 9.17) is 5.73 Å². The van der Waals surface area contributed by atoms with Gasteiger partial charge in [0.05, 0.1) is 12.7 Å². The second kappa shape index (κ2) is 6.73. The van der Waals surface area contributed by atoms with Gasteiger partial charge in [0.25, 0.3) is 0 Å². The molecule has 0 bridgehead atoms. The fourth-order valence-corrected chi connectivity index (χ4v) is 1.49. The third-order valence-corrected chi connectivity index (χ3v) is 2.94. The minimum Gasteiger partial charge on any atom is -0.465 e. The average Bonchev–Trinajstić information content (AvgIpc) is 2.37. The first kappa shape index (κ1) is 16.9. The fourth-order valence-electron chi connectivity index (χ4n) is 1.49. The molecule has 1 aromatic rings. The zero-order valence-electron chi connectivity index (χ0n) is 10.8. The lowest BCUT2D eigenvalue weighted by Gasteiger charge is -2.29. The van der Waals surface area contributed by atoms with Crippen molar-refractivity contribution in [3.8, 4) is 0 Å². The lowest BCUT2D eigenvalue weighted by molar-refractivity contribution is 0.0600. The van der Waals surface area contributed by atoms with E-state index in [2.05, 4.69) is 4.74 Å². The SMILES string of the molecule is COC(=O)c1ccc([C@H](N)C(C)(C)CO)cc1.Cl. The first-order valence-corrected chi connectivity index (χ1v) is 5.47. The molecule has 0 saturated carbocycles. The van der Waals surface area contributed by atoms with Crippen molar-refractivity contribution in [1.29, 1.82) is 0 Å². The van der Waals surface area contributed by atoms with Gasteiger partial charge in [-0.05, 0) is 17.7 Å². The van der Waals surface area contributed by atoms with Crippen LogP contribution in [0.3, 0.4) is 0 Å². The molecule has 0 spiro atoms. The Labute approximate surface area is 114 Å². The molecule has 3 N–H and O–H groups in total. The number of aliphatic hydroxyl groups is 1. The molecule has 0 saturated heterocycles. The smallest absolute Gasteiger partial charge is 0.337 e. The molecule has 0 unspecified atom stereocenters. The first-order valence-electron chi connectivity index (χ1n) is 5.47. The summed E-state index contributed by atoms with van der Waals surface area (Å²) in [6.45, 7) is 3.80. The summed E-state index contributed by atoms with van der Waals surface area (Å²) in [7, 11) is 1.34. The second-order valence-electron chi connectivity index (χ2n) is 4.74. The molecule has 0 aliphatic rings. The zero-order valence-corrected chi connectivity index (χ0v) is 11.7. The van der Waals surface area contributed by atoms with Gasteiger partial charge in [0, 0.05) is 18.1 Å². The number of halogens is 1. The highest BCUT2D eigenvalue weighted by Crippen LogP contribution is 2.30. The van der Waals surface area contributed by atoms with Crippen LogP contribution in [0.5, 0.6) is 0 Å². The van der Waals surface area contributed by atoms with Crippen molar-refractivity contribution in [3.05, 3.63) is 35.4 Å². The van der Waals surface area contributed by atoms with Crippen LogP contribution in [0, 0.1) is 5.41 Å². The summed E-state index contributed by atoms with van der Waals surface area (Å²) in [5, 5.41) is 9.25. The largest absolute Gasteiger partial charge is 0.465 e. The maximum atomic E-state index is 11.3. The number of nitrogens with two attached hydrogens (primary N) is 1. The average molecular weight is 274 g/mol. The molecule has 0 heterocycles. The Bertz CT molecular complexity index is 390. The minimum absolute atomic E-state index is 0. The highest BCUT2D eigenvalue weighted by atomic mass is 35.5. The molecule has 102 valence electrons. The standard InChI is InChI=1S/C13H19NO3.ClH/c1-13(2,8-15)11(14)9-4-6-10(7-5-9)12(16)17-3;/h4-7,11,15H,8,14H2,1-3H3;1H/t11-;/m0./s1. The van der Waals surface area contributed by atoms with Gasteiger partial charge < -0.3 is 15.6 Å². The summed E-state index contributed by atoms with van der Waals surface area (Å²) in [6, 6.07) is 6.64. The van der Waals surface area contributed by atoms with Crippen molar-refractivity contribution in [2.24, 2.45) is 11.1 Å². The van der Waals surface area contributed by atoms with Gasteiger partial charge in [-0.2, -0.15) is 0 Å². The van der Waals surface area contributed by atoms with Crippen LogP contribution in [0.15, 0.2) is 24.3 Å². The Hall–Kier alpha value is -1.10. The predicted molar refractivity (Wildman–Crippen MR) is 72.8 cm³/mol. The highest BCUT2D eigenvalue weighted by Gasteiger charge is 2.26.